The molecular weight excluding hydrogens is 343 g/mol. The van der Waals surface area contributed by atoms with Crippen molar-refractivity contribution in [2.75, 3.05) is 6.54 Å². The molecular formula is C15H15BrClFN2. The van der Waals surface area contributed by atoms with Gasteiger partial charge in [0.25, 0.3) is 0 Å². The molecule has 2 nitrogen and oxygen atoms in total. The second-order valence-corrected chi connectivity index (χ2v) is 5.77. The van der Waals surface area contributed by atoms with Crippen LogP contribution in [0.25, 0.3) is 0 Å². The number of pyridine rings is 1. The Bertz CT molecular complexity index is 592. The standard InChI is InChI=1S/C15H15BrClFN2/c1-2-20-15(12-5-6-19-9-14(12)18)7-10-3-4-11(16)8-13(10)17/h3-6,8-9,15,20H,2,7H2,1H3. The molecule has 0 amide bonds. The summed E-state index contributed by atoms with van der Waals surface area (Å²) in [6.45, 7) is 2.75. The van der Waals surface area contributed by atoms with Gasteiger partial charge in [-0.3, -0.25) is 4.98 Å². The van der Waals surface area contributed by atoms with E-state index in [4.69, 9.17) is 11.6 Å². The van der Waals surface area contributed by atoms with Crippen molar-refractivity contribution in [3.63, 3.8) is 0 Å². The number of benzene rings is 1. The molecule has 2 rings (SSSR count). The van der Waals surface area contributed by atoms with Crippen molar-refractivity contribution in [2.45, 2.75) is 19.4 Å². The van der Waals surface area contributed by atoms with Gasteiger partial charge in [-0.15, -0.1) is 0 Å². The highest BCUT2D eigenvalue weighted by molar-refractivity contribution is 9.10. The Labute approximate surface area is 131 Å². The van der Waals surface area contributed by atoms with Crippen LogP contribution in [0.15, 0.2) is 41.1 Å². The third-order valence-electron chi connectivity index (χ3n) is 3.07. The summed E-state index contributed by atoms with van der Waals surface area (Å²) in [6, 6.07) is 7.32. The van der Waals surface area contributed by atoms with Gasteiger partial charge in [0.05, 0.1) is 6.20 Å². The van der Waals surface area contributed by atoms with Crippen LogP contribution in [0.3, 0.4) is 0 Å². The topological polar surface area (TPSA) is 24.9 Å². The monoisotopic (exact) mass is 356 g/mol. The molecule has 1 N–H and O–H groups in total. The van der Waals surface area contributed by atoms with Crippen LogP contribution in [-0.4, -0.2) is 11.5 Å². The Morgan fingerprint density at radius 2 is 2.20 bits per heavy atom. The summed E-state index contributed by atoms with van der Waals surface area (Å²) in [6.07, 6.45) is 3.47. The number of likely N-dealkylation sites (N-methyl/N-ethyl adjacent to an activating group) is 1. The molecule has 0 aliphatic heterocycles. The first-order chi connectivity index (χ1) is 9.61. The van der Waals surface area contributed by atoms with Crippen molar-refractivity contribution in [3.8, 4) is 0 Å². The van der Waals surface area contributed by atoms with Gasteiger partial charge < -0.3 is 5.32 Å². The number of halogens is 3. The molecule has 20 heavy (non-hydrogen) atoms. The molecule has 1 atom stereocenters. The molecule has 0 saturated heterocycles. The van der Waals surface area contributed by atoms with Gasteiger partial charge in [0, 0.05) is 27.3 Å². The third kappa shape index (κ3) is 3.78. The lowest BCUT2D eigenvalue weighted by Gasteiger charge is -2.19. The number of hydrogen-bond acceptors (Lipinski definition) is 2. The Kier molecular flexibility index (Phi) is 5.52. The van der Waals surface area contributed by atoms with Gasteiger partial charge in [0.15, 0.2) is 0 Å². The van der Waals surface area contributed by atoms with Crippen LogP contribution in [0.1, 0.15) is 24.1 Å². The van der Waals surface area contributed by atoms with Crippen molar-refractivity contribution < 1.29 is 4.39 Å². The van der Waals surface area contributed by atoms with Gasteiger partial charge >= 0.3 is 0 Å². The summed E-state index contributed by atoms with van der Waals surface area (Å²) in [7, 11) is 0. The van der Waals surface area contributed by atoms with Crippen LogP contribution >= 0.6 is 27.5 Å². The fourth-order valence-corrected chi connectivity index (χ4v) is 2.86. The Balaban J connectivity index is 2.28. The number of hydrogen-bond donors (Lipinski definition) is 1. The van der Waals surface area contributed by atoms with E-state index in [1.54, 1.807) is 12.3 Å². The molecule has 1 heterocycles. The van der Waals surface area contributed by atoms with Crippen LogP contribution in [0.4, 0.5) is 4.39 Å². The average molecular weight is 358 g/mol. The fraction of sp³-hybridized carbons (Fsp3) is 0.267. The quantitative estimate of drug-likeness (QED) is 0.850. The van der Waals surface area contributed by atoms with Gasteiger partial charge in [0.2, 0.25) is 0 Å². The lowest BCUT2D eigenvalue weighted by Crippen LogP contribution is -2.24. The molecule has 0 bridgehead atoms. The van der Waals surface area contributed by atoms with Crippen LogP contribution < -0.4 is 5.32 Å². The molecule has 0 fully saturated rings. The van der Waals surface area contributed by atoms with Crippen LogP contribution in [0.5, 0.6) is 0 Å². The smallest absolute Gasteiger partial charge is 0.146 e. The maximum absolute atomic E-state index is 13.9. The molecule has 2 aromatic rings. The molecule has 106 valence electrons. The van der Waals surface area contributed by atoms with E-state index in [9.17, 15) is 4.39 Å². The molecule has 0 radical (unpaired) electrons. The molecule has 1 unspecified atom stereocenters. The Hall–Kier alpha value is -0.970. The van der Waals surface area contributed by atoms with E-state index in [0.717, 1.165) is 16.6 Å². The molecule has 0 aliphatic carbocycles. The number of nitrogens with zero attached hydrogens (tertiary/aromatic N) is 1. The summed E-state index contributed by atoms with van der Waals surface area (Å²) in [4.78, 5) is 3.79. The predicted molar refractivity (Wildman–Crippen MR) is 83.5 cm³/mol. The highest BCUT2D eigenvalue weighted by Crippen LogP contribution is 2.27. The maximum Gasteiger partial charge on any atom is 0.146 e. The van der Waals surface area contributed by atoms with Gasteiger partial charge in [-0.25, -0.2) is 4.39 Å². The lowest BCUT2D eigenvalue weighted by atomic mass is 9.99. The highest BCUT2D eigenvalue weighted by atomic mass is 79.9. The van der Waals surface area contributed by atoms with Crippen molar-refractivity contribution >= 4 is 27.5 Å². The van der Waals surface area contributed by atoms with E-state index >= 15 is 0 Å². The summed E-state index contributed by atoms with van der Waals surface area (Å²) in [5, 5.41) is 3.97. The van der Waals surface area contributed by atoms with Gasteiger partial charge in [-0.05, 0) is 36.7 Å². The first-order valence-corrected chi connectivity index (χ1v) is 7.55. The van der Waals surface area contributed by atoms with E-state index in [1.165, 1.54) is 6.20 Å². The molecule has 1 aromatic carbocycles. The Morgan fingerprint density at radius 3 is 2.85 bits per heavy atom. The van der Waals surface area contributed by atoms with Crippen LogP contribution in [0, 0.1) is 5.82 Å². The van der Waals surface area contributed by atoms with Crippen molar-refractivity contribution in [1.82, 2.24) is 10.3 Å². The maximum atomic E-state index is 13.9. The highest BCUT2D eigenvalue weighted by Gasteiger charge is 2.16. The normalized spacial score (nSPS) is 12.4. The minimum atomic E-state index is -0.299. The number of aromatic nitrogens is 1. The zero-order valence-corrected chi connectivity index (χ0v) is 13.4. The zero-order valence-electron chi connectivity index (χ0n) is 11.0. The average Bonchev–Trinajstić information content (AvgIpc) is 2.42. The largest absolute Gasteiger partial charge is 0.310 e. The first-order valence-electron chi connectivity index (χ1n) is 6.38. The summed E-state index contributed by atoms with van der Waals surface area (Å²) in [5.74, 6) is -0.299. The van der Waals surface area contributed by atoms with Crippen LogP contribution in [-0.2, 0) is 6.42 Å². The lowest BCUT2D eigenvalue weighted by molar-refractivity contribution is 0.507. The van der Waals surface area contributed by atoms with E-state index in [0.29, 0.717) is 17.0 Å². The van der Waals surface area contributed by atoms with E-state index in [1.807, 2.05) is 25.1 Å². The van der Waals surface area contributed by atoms with Gasteiger partial charge in [-0.1, -0.05) is 40.5 Å². The molecule has 5 heteroatoms. The fourth-order valence-electron chi connectivity index (χ4n) is 2.11. The second kappa shape index (κ2) is 7.16. The SMILES string of the molecule is CCNC(Cc1ccc(Br)cc1Cl)c1ccncc1F. The third-order valence-corrected chi connectivity index (χ3v) is 3.91. The van der Waals surface area contributed by atoms with E-state index < -0.39 is 0 Å². The molecule has 0 saturated carbocycles. The van der Waals surface area contributed by atoms with E-state index in [-0.39, 0.29) is 11.9 Å². The van der Waals surface area contributed by atoms with Crippen LogP contribution in [0.2, 0.25) is 5.02 Å². The van der Waals surface area contributed by atoms with Crippen molar-refractivity contribution in [2.24, 2.45) is 0 Å². The zero-order chi connectivity index (χ0) is 14.5. The van der Waals surface area contributed by atoms with Crippen molar-refractivity contribution in [3.05, 3.63) is 63.1 Å². The molecule has 0 spiro atoms. The minimum Gasteiger partial charge on any atom is -0.310 e. The summed E-state index contributed by atoms with van der Waals surface area (Å²) >= 11 is 9.62. The summed E-state index contributed by atoms with van der Waals surface area (Å²) in [5.41, 5.74) is 1.60. The molecule has 1 aromatic heterocycles. The van der Waals surface area contributed by atoms with Gasteiger partial charge in [0.1, 0.15) is 5.82 Å². The van der Waals surface area contributed by atoms with Crippen molar-refractivity contribution in [1.29, 1.82) is 0 Å². The minimum absolute atomic E-state index is 0.123. The van der Waals surface area contributed by atoms with E-state index in [2.05, 4.69) is 26.2 Å². The second-order valence-electron chi connectivity index (χ2n) is 4.45. The molecule has 0 aliphatic rings. The first kappa shape index (κ1) is 15.4. The number of nitrogens with one attached hydrogen (secondary N) is 1. The van der Waals surface area contributed by atoms with Gasteiger partial charge in [-0.2, -0.15) is 0 Å². The predicted octanol–water partition coefficient (Wildman–Crippen LogP) is 4.53. The Morgan fingerprint density at radius 1 is 1.40 bits per heavy atom. The summed E-state index contributed by atoms with van der Waals surface area (Å²) < 4.78 is 14.8. The number of rotatable bonds is 5.